The van der Waals surface area contributed by atoms with Crippen molar-refractivity contribution in [3.05, 3.63) is 17.0 Å². The van der Waals surface area contributed by atoms with Gasteiger partial charge in [-0.15, -0.1) is 0 Å². The van der Waals surface area contributed by atoms with Crippen molar-refractivity contribution in [3.8, 4) is 0 Å². The number of carboxylic acids is 1. The summed E-state index contributed by atoms with van der Waals surface area (Å²) in [6, 6.07) is 0. The average molecular weight is 365 g/mol. The molecule has 0 bridgehead atoms. The minimum Gasteiger partial charge on any atom is -0.481 e. The molecule has 1 aliphatic rings. The monoisotopic (exact) mass is 365 g/mol. The van der Waals surface area contributed by atoms with Crippen LogP contribution in [0.2, 0.25) is 0 Å². The van der Waals surface area contributed by atoms with E-state index in [-0.39, 0.29) is 5.91 Å². The third-order valence-corrected chi connectivity index (χ3v) is 5.66. The molecule has 1 saturated carbocycles. The third kappa shape index (κ3) is 4.71. The van der Waals surface area contributed by atoms with Crippen molar-refractivity contribution < 1.29 is 14.7 Å². The topological polar surface area (TPSA) is 92.2 Å². The van der Waals surface area contributed by atoms with Gasteiger partial charge in [-0.1, -0.05) is 24.6 Å². The van der Waals surface area contributed by atoms with E-state index in [1.807, 2.05) is 27.0 Å². The summed E-state index contributed by atoms with van der Waals surface area (Å²) in [6.07, 6.45) is 5.99. The van der Waals surface area contributed by atoms with Gasteiger partial charge >= 0.3 is 5.97 Å². The van der Waals surface area contributed by atoms with E-state index in [1.165, 1.54) is 11.8 Å². The standard InChI is InChI=1S/C18H27N3O3S/c1-11-13(12(2)20-17(19-11)25-4)8-9-15(22)21-18(3)10-6-5-7-14(18)16(23)24/h14H,5-10H2,1-4H3,(H,21,22)(H,23,24). The van der Waals surface area contributed by atoms with Crippen LogP contribution in [-0.2, 0) is 16.0 Å². The Morgan fingerprint density at radius 2 is 1.92 bits per heavy atom. The SMILES string of the molecule is CSc1nc(C)c(CCC(=O)NC2(C)CCCCC2C(=O)O)c(C)n1. The second-order valence-corrected chi connectivity index (χ2v) is 7.74. The van der Waals surface area contributed by atoms with Crippen LogP contribution >= 0.6 is 11.8 Å². The Balaban J connectivity index is 2.02. The molecule has 6 nitrogen and oxygen atoms in total. The fourth-order valence-electron chi connectivity index (χ4n) is 3.66. The molecule has 138 valence electrons. The number of hydrogen-bond donors (Lipinski definition) is 2. The Hall–Kier alpha value is -1.63. The summed E-state index contributed by atoms with van der Waals surface area (Å²) in [6.45, 7) is 5.73. The van der Waals surface area contributed by atoms with Crippen LogP contribution in [0.4, 0.5) is 0 Å². The molecule has 1 aromatic rings. The fraction of sp³-hybridized carbons (Fsp3) is 0.667. The number of thioether (sulfide) groups is 1. The second kappa shape index (κ2) is 8.17. The van der Waals surface area contributed by atoms with Crippen LogP contribution < -0.4 is 5.32 Å². The molecule has 0 aromatic carbocycles. The molecular formula is C18H27N3O3S. The quantitative estimate of drug-likeness (QED) is 0.595. The second-order valence-electron chi connectivity index (χ2n) is 6.96. The first kappa shape index (κ1) is 19.7. The zero-order valence-electron chi connectivity index (χ0n) is 15.4. The van der Waals surface area contributed by atoms with E-state index in [0.29, 0.717) is 25.7 Å². The Morgan fingerprint density at radius 3 is 2.48 bits per heavy atom. The number of aliphatic carboxylic acids is 1. The summed E-state index contributed by atoms with van der Waals surface area (Å²) in [4.78, 5) is 32.8. The van der Waals surface area contributed by atoms with Crippen LogP contribution in [0.25, 0.3) is 0 Å². The highest BCUT2D eigenvalue weighted by Crippen LogP contribution is 2.34. The Labute approximate surface area is 153 Å². The number of rotatable bonds is 6. The lowest BCUT2D eigenvalue weighted by atomic mass is 9.74. The number of carbonyl (C=O) groups excluding carboxylic acids is 1. The molecule has 1 amide bonds. The first-order chi connectivity index (χ1) is 11.8. The summed E-state index contributed by atoms with van der Waals surface area (Å²) < 4.78 is 0. The van der Waals surface area contributed by atoms with Crippen molar-refractivity contribution in [2.24, 2.45) is 5.92 Å². The Kier molecular flexibility index (Phi) is 6.43. The third-order valence-electron chi connectivity index (χ3n) is 5.12. The van der Waals surface area contributed by atoms with Crippen LogP contribution in [0.3, 0.4) is 0 Å². The maximum atomic E-state index is 12.5. The van der Waals surface area contributed by atoms with Gasteiger partial charge in [0.05, 0.1) is 11.5 Å². The molecule has 1 fully saturated rings. The van der Waals surface area contributed by atoms with Crippen molar-refractivity contribution in [1.29, 1.82) is 0 Å². The van der Waals surface area contributed by atoms with Gasteiger partial charge in [0.15, 0.2) is 5.16 Å². The molecule has 2 unspecified atom stereocenters. The summed E-state index contributed by atoms with van der Waals surface area (Å²) in [5.41, 5.74) is 2.13. The number of nitrogens with one attached hydrogen (secondary N) is 1. The molecule has 1 aliphatic carbocycles. The lowest BCUT2D eigenvalue weighted by Gasteiger charge is -2.39. The first-order valence-corrected chi connectivity index (χ1v) is 9.91. The molecule has 1 aromatic heterocycles. The number of amides is 1. The Bertz CT molecular complexity index is 642. The predicted octanol–water partition coefficient (Wildman–Crippen LogP) is 2.90. The average Bonchev–Trinajstić information content (AvgIpc) is 2.53. The van der Waals surface area contributed by atoms with Gasteiger partial charge in [-0.05, 0) is 51.9 Å². The van der Waals surface area contributed by atoms with Gasteiger partial charge in [0.1, 0.15) is 0 Å². The van der Waals surface area contributed by atoms with Crippen LogP contribution in [0.5, 0.6) is 0 Å². The number of carbonyl (C=O) groups is 2. The van der Waals surface area contributed by atoms with Gasteiger partial charge in [0.25, 0.3) is 0 Å². The van der Waals surface area contributed by atoms with Crippen molar-refractivity contribution in [3.63, 3.8) is 0 Å². The molecule has 0 aliphatic heterocycles. The van der Waals surface area contributed by atoms with Crippen LogP contribution in [0.1, 0.15) is 56.0 Å². The van der Waals surface area contributed by atoms with Crippen LogP contribution in [0.15, 0.2) is 5.16 Å². The summed E-state index contributed by atoms with van der Waals surface area (Å²) >= 11 is 1.50. The molecule has 2 atom stereocenters. The van der Waals surface area contributed by atoms with E-state index >= 15 is 0 Å². The minimum absolute atomic E-state index is 0.108. The highest BCUT2D eigenvalue weighted by Gasteiger charge is 2.42. The largest absolute Gasteiger partial charge is 0.481 e. The van der Waals surface area contributed by atoms with Crippen molar-refractivity contribution >= 4 is 23.6 Å². The van der Waals surface area contributed by atoms with E-state index < -0.39 is 17.4 Å². The minimum atomic E-state index is -0.824. The van der Waals surface area contributed by atoms with E-state index in [1.54, 1.807) is 0 Å². The summed E-state index contributed by atoms with van der Waals surface area (Å²) in [5.74, 6) is -1.45. The van der Waals surface area contributed by atoms with E-state index in [0.717, 1.165) is 34.9 Å². The molecule has 1 heterocycles. The maximum absolute atomic E-state index is 12.5. The molecule has 2 rings (SSSR count). The molecule has 2 N–H and O–H groups in total. The number of hydrogen-bond acceptors (Lipinski definition) is 5. The van der Waals surface area contributed by atoms with Gasteiger partial charge in [-0.2, -0.15) is 0 Å². The first-order valence-electron chi connectivity index (χ1n) is 8.68. The summed E-state index contributed by atoms with van der Waals surface area (Å²) in [7, 11) is 0. The zero-order valence-corrected chi connectivity index (χ0v) is 16.2. The van der Waals surface area contributed by atoms with Crippen LogP contribution in [-0.4, -0.2) is 38.7 Å². The molecule has 0 spiro atoms. The van der Waals surface area contributed by atoms with E-state index in [2.05, 4.69) is 15.3 Å². The van der Waals surface area contributed by atoms with Gasteiger partial charge in [-0.3, -0.25) is 9.59 Å². The van der Waals surface area contributed by atoms with Crippen molar-refractivity contribution in [1.82, 2.24) is 15.3 Å². The molecule has 0 saturated heterocycles. The highest BCUT2D eigenvalue weighted by atomic mass is 32.2. The zero-order chi connectivity index (χ0) is 18.6. The van der Waals surface area contributed by atoms with Gasteiger partial charge in [0.2, 0.25) is 5.91 Å². The number of aryl methyl sites for hydroxylation is 2. The lowest BCUT2D eigenvalue weighted by molar-refractivity contribution is -0.146. The number of aromatic nitrogens is 2. The maximum Gasteiger partial charge on any atom is 0.308 e. The van der Waals surface area contributed by atoms with Crippen molar-refractivity contribution in [2.45, 2.75) is 70.0 Å². The smallest absolute Gasteiger partial charge is 0.308 e. The molecule has 7 heteroatoms. The molecule has 0 radical (unpaired) electrons. The summed E-state index contributed by atoms with van der Waals surface area (Å²) in [5, 5.41) is 13.2. The van der Waals surface area contributed by atoms with Crippen molar-refractivity contribution in [2.75, 3.05) is 6.26 Å². The van der Waals surface area contributed by atoms with Gasteiger partial charge in [0, 0.05) is 17.8 Å². The predicted molar refractivity (Wildman–Crippen MR) is 97.7 cm³/mol. The normalized spacial score (nSPS) is 23.3. The van der Waals surface area contributed by atoms with E-state index in [4.69, 9.17) is 0 Å². The van der Waals surface area contributed by atoms with Crippen LogP contribution in [0, 0.1) is 19.8 Å². The fourth-order valence-corrected chi connectivity index (χ4v) is 4.12. The highest BCUT2D eigenvalue weighted by molar-refractivity contribution is 7.98. The van der Waals surface area contributed by atoms with E-state index in [9.17, 15) is 14.7 Å². The van der Waals surface area contributed by atoms with Gasteiger partial charge < -0.3 is 10.4 Å². The molecule has 25 heavy (non-hydrogen) atoms. The molecular weight excluding hydrogens is 338 g/mol. The van der Waals surface area contributed by atoms with Gasteiger partial charge in [-0.25, -0.2) is 9.97 Å². The lowest BCUT2D eigenvalue weighted by Crippen LogP contribution is -2.55. The number of carboxylic acid groups (broad SMARTS) is 1. The number of nitrogens with zero attached hydrogens (tertiary/aromatic N) is 2. The Morgan fingerprint density at radius 1 is 1.28 bits per heavy atom.